The van der Waals surface area contributed by atoms with Gasteiger partial charge in [0.2, 0.25) is 0 Å². The van der Waals surface area contributed by atoms with Gasteiger partial charge in [-0.05, 0) is 50.2 Å². The van der Waals surface area contributed by atoms with Gasteiger partial charge in [0.25, 0.3) is 5.91 Å². The molecule has 10 heteroatoms. The third kappa shape index (κ3) is 4.53. The van der Waals surface area contributed by atoms with Crippen molar-refractivity contribution >= 4 is 28.6 Å². The molecule has 1 atom stereocenters. The molecule has 1 heterocycles. The number of aromatic nitrogens is 3. The molecule has 3 rings (SSSR count). The molecular formula is C19H17F3N4O3. The predicted octanol–water partition coefficient (Wildman–Crippen LogP) is 3.65. The van der Waals surface area contributed by atoms with E-state index in [0.29, 0.717) is 12.1 Å². The molecule has 29 heavy (non-hydrogen) atoms. The summed E-state index contributed by atoms with van der Waals surface area (Å²) in [4.78, 5) is 24.5. The number of carbonyl (C=O) groups excluding carboxylic acids is 2. The molecule has 0 aliphatic heterocycles. The molecule has 1 N–H and O–H groups in total. The first-order chi connectivity index (χ1) is 13.7. The smallest absolute Gasteiger partial charge is 0.416 e. The summed E-state index contributed by atoms with van der Waals surface area (Å²) >= 11 is 0. The standard InChI is InChI=1S/C19H17F3N4O3/c1-3-26-16-8-7-12(9-15(16)24-25-26)18(28)29-11(2)17(27)23-14-6-4-5-13(10-14)19(20,21)22/h4-11H,3H2,1-2H3,(H,23,27)/t11-/m0/s1. The Morgan fingerprint density at radius 1 is 1.21 bits per heavy atom. The van der Waals surface area contributed by atoms with E-state index in [1.807, 2.05) is 6.92 Å². The largest absolute Gasteiger partial charge is 0.449 e. The zero-order chi connectivity index (χ0) is 21.2. The lowest BCUT2D eigenvalue weighted by molar-refractivity contribution is -0.137. The maximum Gasteiger partial charge on any atom is 0.416 e. The zero-order valence-electron chi connectivity index (χ0n) is 15.5. The second-order valence-electron chi connectivity index (χ2n) is 6.22. The van der Waals surface area contributed by atoms with Crippen LogP contribution in [0.1, 0.15) is 29.8 Å². The van der Waals surface area contributed by atoms with Gasteiger partial charge in [0.15, 0.2) is 6.10 Å². The van der Waals surface area contributed by atoms with Crippen molar-refractivity contribution < 1.29 is 27.5 Å². The van der Waals surface area contributed by atoms with E-state index in [4.69, 9.17) is 4.74 Å². The lowest BCUT2D eigenvalue weighted by atomic mass is 10.2. The number of hydrogen-bond acceptors (Lipinski definition) is 5. The number of carbonyl (C=O) groups is 2. The van der Waals surface area contributed by atoms with Gasteiger partial charge in [-0.3, -0.25) is 4.79 Å². The Balaban J connectivity index is 1.67. The molecule has 0 aliphatic rings. The maximum atomic E-state index is 12.8. The monoisotopic (exact) mass is 406 g/mol. The Morgan fingerprint density at radius 2 is 1.97 bits per heavy atom. The Hall–Kier alpha value is -3.43. The minimum atomic E-state index is -4.53. The van der Waals surface area contributed by atoms with Gasteiger partial charge >= 0.3 is 12.1 Å². The molecule has 7 nitrogen and oxygen atoms in total. The molecule has 0 spiro atoms. The van der Waals surface area contributed by atoms with Crippen molar-refractivity contribution in [1.82, 2.24) is 15.0 Å². The van der Waals surface area contributed by atoms with Crippen LogP contribution in [-0.4, -0.2) is 33.0 Å². The Kier molecular flexibility index (Phi) is 5.53. The number of nitrogens with one attached hydrogen (secondary N) is 1. The first-order valence-corrected chi connectivity index (χ1v) is 8.71. The van der Waals surface area contributed by atoms with Crippen LogP contribution in [0.3, 0.4) is 0 Å². The van der Waals surface area contributed by atoms with Crippen molar-refractivity contribution in [3.05, 3.63) is 53.6 Å². The quantitative estimate of drug-likeness (QED) is 0.654. The summed E-state index contributed by atoms with van der Waals surface area (Å²) in [6, 6.07) is 8.87. The molecule has 0 aliphatic carbocycles. The number of nitrogens with zero attached hydrogens (tertiary/aromatic N) is 3. The minimum Gasteiger partial charge on any atom is -0.449 e. The summed E-state index contributed by atoms with van der Waals surface area (Å²) in [7, 11) is 0. The van der Waals surface area contributed by atoms with Gasteiger partial charge < -0.3 is 10.1 Å². The molecular weight excluding hydrogens is 389 g/mol. The van der Waals surface area contributed by atoms with E-state index in [1.54, 1.807) is 10.7 Å². The van der Waals surface area contributed by atoms with Crippen LogP contribution >= 0.6 is 0 Å². The average molecular weight is 406 g/mol. The molecule has 0 saturated carbocycles. The van der Waals surface area contributed by atoms with Gasteiger partial charge in [-0.2, -0.15) is 13.2 Å². The SMILES string of the molecule is CCn1nnc2cc(C(=O)O[C@@H](C)C(=O)Nc3cccc(C(F)(F)F)c3)ccc21. The summed E-state index contributed by atoms with van der Waals surface area (Å²) in [6.07, 6.45) is -5.75. The van der Waals surface area contributed by atoms with Crippen molar-refractivity contribution in [1.29, 1.82) is 0 Å². The number of halogens is 3. The number of fused-ring (bicyclic) bond motifs is 1. The molecule has 152 valence electrons. The van der Waals surface area contributed by atoms with Crippen molar-refractivity contribution in [2.24, 2.45) is 0 Å². The van der Waals surface area contributed by atoms with E-state index in [1.165, 1.54) is 31.2 Å². The number of esters is 1. The number of anilines is 1. The van der Waals surface area contributed by atoms with Crippen molar-refractivity contribution in [2.45, 2.75) is 32.7 Å². The van der Waals surface area contributed by atoms with Gasteiger partial charge in [-0.1, -0.05) is 11.3 Å². The molecule has 1 aromatic heterocycles. The number of rotatable bonds is 5. The van der Waals surface area contributed by atoms with Gasteiger partial charge in [0.05, 0.1) is 16.6 Å². The molecule has 2 aromatic carbocycles. The van der Waals surface area contributed by atoms with Crippen LogP contribution in [0.4, 0.5) is 18.9 Å². The predicted molar refractivity (Wildman–Crippen MR) is 98.2 cm³/mol. The first-order valence-electron chi connectivity index (χ1n) is 8.71. The van der Waals surface area contributed by atoms with Crippen molar-refractivity contribution in [3.8, 4) is 0 Å². The van der Waals surface area contributed by atoms with Crippen LogP contribution in [0.25, 0.3) is 11.0 Å². The molecule has 0 fully saturated rings. The third-order valence-corrected chi connectivity index (χ3v) is 4.16. The van der Waals surface area contributed by atoms with E-state index >= 15 is 0 Å². The van der Waals surface area contributed by atoms with Gasteiger partial charge in [0, 0.05) is 12.2 Å². The number of aryl methyl sites for hydroxylation is 1. The Labute approximate surface area is 163 Å². The van der Waals surface area contributed by atoms with E-state index in [9.17, 15) is 22.8 Å². The molecule has 3 aromatic rings. The van der Waals surface area contributed by atoms with E-state index in [-0.39, 0.29) is 11.3 Å². The third-order valence-electron chi connectivity index (χ3n) is 4.16. The summed E-state index contributed by atoms with van der Waals surface area (Å²) in [5, 5.41) is 10.2. The van der Waals surface area contributed by atoms with Gasteiger partial charge in [-0.25, -0.2) is 9.48 Å². The first kappa shape index (κ1) is 20.3. The van der Waals surface area contributed by atoms with E-state index in [2.05, 4.69) is 15.6 Å². The molecule has 1 amide bonds. The summed E-state index contributed by atoms with van der Waals surface area (Å²) < 4.78 is 45.1. The van der Waals surface area contributed by atoms with E-state index < -0.39 is 29.7 Å². The normalized spacial score (nSPS) is 12.6. The number of benzene rings is 2. The maximum absolute atomic E-state index is 12.8. The summed E-state index contributed by atoms with van der Waals surface area (Å²) in [6.45, 7) is 3.85. The second-order valence-corrected chi connectivity index (χ2v) is 6.22. The number of hydrogen-bond donors (Lipinski definition) is 1. The second kappa shape index (κ2) is 7.90. The minimum absolute atomic E-state index is 0.0506. The van der Waals surface area contributed by atoms with Crippen LogP contribution in [-0.2, 0) is 22.3 Å². The lowest BCUT2D eigenvalue weighted by Gasteiger charge is -2.14. The van der Waals surface area contributed by atoms with Crippen LogP contribution in [0.15, 0.2) is 42.5 Å². The van der Waals surface area contributed by atoms with Gasteiger partial charge in [0.1, 0.15) is 5.52 Å². The summed E-state index contributed by atoms with van der Waals surface area (Å²) in [5.41, 5.74) is 0.486. The van der Waals surface area contributed by atoms with Crippen molar-refractivity contribution in [3.63, 3.8) is 0 Å². The van der Waals surface area contributed by atoms with Crippen LogP contribution < -0.4 is 5.32 Å². The Bertz CT molecular complexity index is 1060. The Morgan fingerprint density at radius 3 is 2.66 bits per heavy atom. The zero-order valence-corrected chi connectivity index (χ0v) is 15.5. The van der Waals surface area contributed by atoms with Crippen LogP contribution in [0, 0.1) is 0 Å². The number of alkyl halides is 3. The highest BCUT2D eigenvalue weighted by Gasteiger charge is 2.30. The fourth-order valence-corrected chi connectivity index (χ4v) is 2.63. The molecule has 0 bridgehead atoms. The van der Waals surface area contributed by atoms with Crippen LogP contribution in [0.5, 0.6) is 0 Å². The topological polar surface area (TPSA) is 86.1 Å². The fourth-order valence-electron chi connectivity index (χ4n) is 2.63. The highest BCUT2D eigenvalue weighted by atomic mass is 19.4. The van der Waals surface area contributed by atoms with Crippen molar-refractivity contribution in [2.75, 3.05) is 5.32 Å². The average Bonchev–Trinajstić information content (AvgIpc) is 3.09. The highest BCUT2D eigenvalue weighted by Crippen LogP contribution is 2.30. The molecule has 0 saturated heterocycles. The fraction of sp³-hybridized carbons (Fsp3) is 0.263. The number of amides is 1. The van der Waals surface area contributed by atoms with Gasteiger partial charge in [-0.15, -0.1) is 5.10 Å². The molecule has 0 unspecified atom stereocenters. The lowest BCUT2D eigenvalue weighted by Crippen LogP contribution is -2.30. The number of ether oxygens (including phenoxy) is 1. The van der Waals surface area contributed by atoms with E-state index in [0.717, 1.165) is 17.6 Å². The van der Waals surface area contributed by atoms with Crippen LogP contribution in [0.2, 0.25) is 0 Å². The summed E-state index contributed by atoms with van der Waals surface area (Å²) in [5.74, 6) is -1.51. The highest BCUT2D eigenvalue weighted by molar-refractivity contribution is 5.98. The molecule has 0 radical (unpaired) electrons.